The molecule has 2 N–H and O–H groups in total. The van der Waals surface area contributed by atoms with E-state index in [-0.39, 0.29) is 12.1 Å². The SMILES string of the molecule is CC[C@H](C)n1nccc1NC(=O)NCc1ccncc1. The number of hydrogen-bond acceptors (Lipinski definition) is 3. The molecule has 6 heteroatoms. The normalized spacial score (nSPS) is 11.9. The molecule has 0 spiro atoms. The lowest BCUT2D eigenvalue weighted by Gasteiger charge is -2.14. The molecule has 2 aromatic heterocycles. The highest BCUT2D eigenvalue weighted by Gasteiger charge is 2.10. The highest BCUT2D eigenvalue weighted by Crippen LogP contribution is 2.16. The van der Waals surface area contributed by atoms with Gasteiger partial charge in [0.2, 0.25) is 0 Å². The van der Waals surface area contributed by atoms with Gasteiger partial charge in [0, 0.05) is 25.0 Å². The van der Waals surface area contributed by atoms with Crippen molar-refractivity contribution < 1.29 is 4.79 Å². The summed E-state index contributed by atoms with van der Waals surface area (Å²) in [5.41, 5.74) is 1.01. The first-order valence-corrected chi connectivity index (χ1v) is 6.68. The van der Waals surface area contributed by atoms with E-state index in [1.165, 1.54) is 0 Å². The second kappa shape index (κ2) is 6.70. The van der Waals surface area contributed by atoms with Crippen molar-refractivity contribution in [2.24, 2.45) is 0 Å². The van der Waals surface area contributed by atoms with Crippen molar-refractivity contribution in [3.05, 3.63) is 42.4 Å². The van der Waals surface area contributed by atoms with Crippen LogP contribution in [0.1, 0.15) is 31.9 Å². The van der Waals surface area contributed by atoms with Gasteiger partial charge < -0.3 is 5.32 Å². The third-order valence-electron chi connectivity index (χ3n) is 3.12. The van der Waals surface area contributed by atoms with Gasteiger partial charge in [0.25, 0.3) is 0 Å². The molecule has 0 radical (unpaired) electrons. The van der Waals surface area contributed by atoms with Crippen LogP contribution in [0.3, 0.4) is 0 Å². The first-order valence-electron chi connectivity index (χ1n) is 6.68. The minimum Gasteiger partial charge on any atom is -0.334 e. The maximum atomic E-state index is 11.9. The zero-order valence-corrected chi connectivity index (χ0v) is 11.7. The van der Waals surface area contributed by atoms with Crippen LogP contribution >= 0.6 is 0 Å². The Balaban J connectivity index is 1.90. The van der Waals surface area contributed by atoms with Gasteiger partial charge in [-0.3, -0.25) is 10.3 Å². The van der Waals surface area contributed by atoms with Crippen molar-refractivity contribution in [1.29, 1.82) is 0 Å². The molecule has 6 nitrogen and oxygen atoms in total. The summed E-state index contributed by atoms with van der Waals surface area (Å²) in [7, 11) is 0. The van der Waals surface area contributed by atoms with Gasteiger partial charge in [-0.15, -0.1) is 0 Å². The largest absolute Gasteiger partial charge is 0.334 e. The van der Waals surface area contributed by atoms with Crippen molar-refractivity contribution in [2.45, 2.75) is 32.9 Å². The van der Waals surface area contributed by atoms with E-state index in [0.29, 0.717) is 12.4 Å². The van der Waals surface area contributed by atoms with E-state index in [9.17, 15) is 4.79 Å². The fourth-order valence-electron chi connectivity index (χ4n) is 1.78. The summed E-state index contributed by atoms with van der Waals surface area (Å²) in [6.07, 6.45) is 6.04. The number of anilines is 1. The molecule has 0 unspecified atom stereocenters. The Hall–Kier alpha value is -2.37. The molecule has 0 fully saturated rings. The Morgan fingerprint density at radius 2 is 2.05 bits per heavy atom. The maximum Gasteiger partial charge on any atom is 0.320 e. The summed E-state index contributed by atoms with van der Waals surface area (Å²) in [4.78, 5) is 15.8. The fourth-order valence-corrected chi connectivity index (χ4v) is 1.78. The van der Waals surface area contributed by atoms with Crippen LogP contribution in [0.2, 0.25) is 0 Å². The van der Waals surface area contributed by atoms with Crippen LogP contribution in [0.5, 0.6) is 0 Å². The van der Waals surface area contributed by atoms with Gasteiger partial charge in [-0.2, -0.15) is 5.10 Å². The molecule has 106 valence electrons. The lowest BCUT2D eigenvalue weighted by Crippen LogP contribution is -2.29. The number of pyridine rings is 1. The van der Waals surface area contributed by atoms with Crippen LogP contribution in [-0.4, -0.2) is 20.8 Å². The number of aromatic nitrogens is 3. The molecule has 1 atom stereocenters. The smallest absolute Gasteiger partial charge is 0.320 e. The molecule has 0 aliphatic heterocycles. The molecular weight excluding hydrogens is 254 g/mol. The average molecular weight is 273 g/mol. The summed E-state index contributed by atoms with van der Waals surface area (Å²) in [6, 6.07) is 5.53. The molecule has 0 saturated heterocycles. The van der Waals surface area contributed by atoms with Crippen molar-refractivity contribution in [1.82, 2.24) is 20.1 Å². The van der Waals surface area contributed by atoms with Gasteiger partial charge in [0.05, 0.1) is 12.2 Å². The Kier molecular flexibility index (Phi) is 4.70. The highest BCUT2D eigenvalue weighted by atomic mass is 16.2. The molecule has 2 rings (SSSR count). The number of nitrogens with one attached hydrogen (secondary N) is 2. The number of carbonyl (C=O) groups excluding carboxylic acids is 1. The second-order valence-electron chi connectivity index (χ2n) is 4.58. The zero-order chi connectivity index (χ0) is 14.4. The summed E-state index contributed by atoms with van der Waals surface area (Å²) in [5, 5.41) is 9.84. The van der Waals surface area contributed by atoms with E-state index in [0.717, 1.165) is 12.0 Å². The number of hydrogen-bond donors (Lipinski definition) is 2. The van der Waals surface area contributed by atoms with E-state index in [1.54, 1.807) is 24.7 Å². The summed E-state index contributed by atoms with van der Waals surface area (Å²) in [6.45, 7) is 4.61. The Morgan fingerprint density at radius 3 is 2.75 bits per heavy atom. The van der Waals surface area contributed by atoms with E-state index in [4.69, 9.17) is 0 Å². The predicted molar refractivity (Wildman–Crippen MR) is 77.3 cm³/mol. The molecular formula is C14H19N5O. The van der Waals surface area contributed by atoms with Crippen LogP contribution in [0.25, 0.3) is 0 Å². The molecule has 20 heavy (non-hydrogen) atoms. The third kappa shape index (κ3) is 3.57. The quantitative estimate of drug-likeness (QED) is 0.879. The van der Waals surface area contributed by atoms with Crippen LogP contribution in [0.4, 0.5) is 10.6 Å². The number of urea groups is 1. The maximum absolute atomic E-state index is 11.9. The summed E-state index contributed by atoms with van der Waals surface area (Å²) < 4.78 is 1.81. The van der Waals surface area contributed by atoms with E-state index in [2.05, 4.69) is 34.6 Å². The third-order valence-corrected chi connectivity index (χ3v) is 3.12. The lowest BCUT2D eigenvalue weighted by molar-refractivity contribution is 0.251. The van der Waals surface area contributed by atoms with E-state index >= 15 is 0 Å². The first-order chi connectivity index (χ1) is 9.70. The van der Waals surface area contributed by atoms with Crippen molar-refractivity contribution >= 4 is 11.8 Å². The number of rotatable bonds is 5. The highest BCUT2D eigenvalue weighted by molar-refractivity contribution is 5.88. The monoisotopic (exact) mass is 273 g/mol. The number of carbonyl (C=O) groups is 1. The van der Waals surface area contributed by atoms with Gasteiger partial charge >= 0.3 is 6.03 Å². The standard InChI is InChI=1S/C14H19N5O/c1-3-11(2)19-13(6-9-17-19)18-14(20)16-10-12-4-7-15-8-5-12/h4-9,11H,3,10H2,1-2H3,(H2,16,18,20)/t11-/m0/s1. The topological polar surface area (TPSA) is 71.8 Å². The van der Waals surface area contributed by atoms with Crippen LogP contribution < -0.4 is 10.6 Å². The van der Waals surface area contributed by atoms with Crippen LogP contribution in [0.15, 0.2) is 36.8 Å². The van der Waals surface area contributed by atoms with Crippen molar-refractivity contribution in [2.75, 3.05) is 5.32 Å². The minimum absolute atomic E-state index is 0.244. The van der Waals surface area contributed by atoms with Gasteiger partial charge in [-0.25, -0.2) is 9.48 Å². The molecule has 0 aliphatic rings. The summed E-state index contributed by atoms with van der Waals surface area (Å²) in [5.74, 6) is 0.701. The molecule has 0 saturated carbocycles. The fraction of sp³-hybridized carbons (Fsp3) is 0.357. The Morgan fingerprint density at radius 1 is 1.30 bits per heavy atom. The van der Waals surface area contributed by atoms with Crippen molar-refractivity contribution in [3.63, 3.8) is 0 Å². The molecule has 0 aromatic carbocycles. The molecule has 2 heterocycles. The average Bonchev–Trinajstić information content (AvgIpc) is 2.93. The second-order valence-corrected chi connectivity index (χ2v) is 4.58. The minimum atomic E-state index is -0.244. The predicted octanol–water partition coefficient (Wildman–Crippen LogP) is 2.57. The zero-order valence-electron chi connectivity index (χ0n) is 11.7. The van der Waals surface area contributed by atoms with E-state index < -0.39 is 0 Å². The number of amides is 2. The first kappa shape index (κ1) is 14.0. The Labute approximate surface area is 118 Å². The molecule has 0 bridgehead atoms. The van der Waals surface area contributed by atoms with Gasteiger partial charge in [0.1, 0.15) is 5.82 Å². The van der Waals surface area contributed by atoms with Gasteiger partial charge in [-0.1, -0.05) is 6.92 Å². The molecule has 0 aliphatic carbocycles. The van der Waals surface area contributed by atoms with Crippen LogP contribution in [-0.2, 0) is 6.54 Å². The number of nitrogens with zero attached hydrogens (tertiary/aromatic N) is 3. The molecule has 2 amide bonds. The molecule has 2 aromatic rings. The Bertz CT molecular complexity index is 552. The van der Waals surface area contributed by atoms with E-state index in [1.807, 2.05) is 16.8 Å². The summed E-state index contributed by atoms with van der Waals surface area (Å²) >= 11 is 0. The van der Waals surface area contributed by atoms with Gasteiger partial charge in [0.15, 0.2) is 0 Å². The van der Waals surface area contributed by atoms with Crippen LogP contribution in [0, 0.1) is 0 Å². The lowest BCUT2D eigenvalue weighted by atomic mass is 10.3. The van der Waals surface area contributed by atoms with Gasteiger partial charge in [-0.05, 0) is 31.0 Å². The van der Waals surface area contributed by atoms with Crippen molar-refractivity contribution in [3.8, 4) is 0 Å².